The number of nitriles is 1. The number of methoxy groups -OCH3 is 3. The third-order valence-electron chi connectivity index (χ3n) is 6.62. The molecule has 0 aromatic heterocycles. The molecule has 2 aromatic rings. The lowest BCUT2D eigenvalue weighted by Crippen LogP contribution is -2.28. The van der Waals surface area contributed by atoms with Crippen molar-refractivity contribution in [2.75, 3.05) is 41.5 Å². The Morgan fingerprint density at radius 3 is 2.25 bits per heavy atom. The first-order chi connectivity index (χ1) is 17.2. The average Bonchev–Trinajstić information content (AvgIpc) is 2.90. The summed E-state index contributed by atoms with van der Waals surface area (Å²) in [6, 6.07) is 14.0. The van der Waals surface area contributed by atoms with Crippen molar-refractivity contribution in [2.24, 2.45) is 0 Å². The summed E-state index contributed by atoms with van der Waals surface area (Å²) in [5, 5.41) is 19.2. The Balaban J connectivity index is 2.15. The first kappa shape index (κ1) is 28.8. The van der Waals surface area contributed by atoms with Crippen molar-refractivity contribution >= 4 is 5.97 Å². The van der Waals surface area contributed by atoms with E-state index < -0.39 is 18.0 Å². The van der Waals surface area contributed by atoms with Gasteiger partial charge in [0.1, 0.15) is 0 Å². The minimum absolute atomic E-state index is 0.0480. The minimum Gasteiger partial charge on any atom is -0.493 e. The lowest BCUT2D eigenvalue weighted by atomic mass is 9.74. The van der Waals surface area contributed by atoms with E-state index in [1.54, 1.807) is 20.3 Å². The number of rotatable bonds is 15. The highest BCUT2D eigenvalue weighted by Crippen LogP contribution is 2.39. The molecule has 0 saturated carbocycles. The van der Waals surface area contributed by atoms with Gasteiger partial charge in [-0.2, -0.15) is 5.26 Å². The lowest BCUT2D eigenvalue weighted by molar-refractivity contribution is -0.139. The van der Waals surface area contributed by atoms with E-state index in [4.69, 9.17) is 24.1 Å². The Morgan fingerprint density at radius 1 is 1.03 bits per heavy atom. The highest BCUT2D eigenvalue weighted by atomic mass is 16.5. The standard InChI is InChI=1S/C28H38N2O6/c1-7-13-28(19-29,22-10-12-23(33-4)25(17-22)35-6)14-8-15-30(3)20(2)21-9-11-24(34-5)26(16-21)36-18-27(31)32/h9-12,16-17,20H,7-8,13-15,18H2,1-6H3,(H,31,32). The van der Waals surface area contributed by atoms with E-state index in [9.17, 15) is 10.1 Å². The molecule has 2 aromatic carbocycles. The number of hydrogen-bond acceptors (Lipinski definition) is 7. The van der Waals surface area contributed by atoms with Crippen LogP contribution in [0.25, 0.3) is 0 Å². The van der Waals surface area contributed by atoms with Gasteiger partial charge < -0.3 is 24.1 Å². The van der Waals surface area contributed by atoms with Crippen molar-refractivity contribution in [1.82, 2.24) is 4.90 Å². The number of carboxylic acid groups (broad SMARTS) is 1. The quantitative estimate of drug-likeness (QED) is 0.357. The van der Waals surface area contributed by atoms with Gasteiger partial charge in [0.25, 0.3) is 0 Å². The zero-order valence-electron chi connectivity index (χ0n) is 22.2. The summed E-state index contributed by atoms with van der Waals surface area (Å²) < 4.78 is 21.6. The van der Waals surface area contributed by atoms with Crippen molar-refractivity contribution in [2.45, 2.75) is 51.0 Å². The number of hydrogen-bond donors (Lipinski definition) is 1. The maximum atomic E-state index is 10.9. The Labute approximate surface area is 214 Å². The van der Waals surface area contributed by atoms with E-state index in [2.05, 4.69) is 24.8 Å². The van der Waals surface area contributed by atoms with Gasteiger partial charge in [-0.15, -0.1) is 0 Å². The predicted molar refractivity (Wildman–Crippen MR) is 138 cm³/mol. The fraction of sp³-hybridized carbons (Fsp3) is 0.500. The third-order valence-corrected chi connectivity index (χ3v) is 6.62. The molecule has 0 fully saturated rings. The van der Waals surface area contributed by atoms with Gasteiger partial charge in [0.05, 0.1) is 32.8 Å². The maximum Gasteiger partial charge on any atom is 0.341 e. The van der Waals surface area contributed by atoms with E-state index in [-0.39, 0.29) is 6.04 Å². The molecule has 0 heterocycles. The molecule has 1 N–H and O–H groups in total. The van der Waals surface area contributed by atoms with E-state index >= 15 is 0 Å². The molecule has 0 aliphatic rings. The van der Waals surface area contributed by atoms with Crippen LogP contribution in [0.4, 0.5) is 0 Å². The molecule has 0 spiro atoms. The molecule has 0 aliphatic heterocycles. The number of carbonyl (C=O) groups is 1. The maximum absolute atomic E-state index is 10.9. The summed E-state index contributed by atoms with van der Waals surface area (Å²) in [5.41, 5.74) is 1.31. The zero-order valence-corrected chi connectivity index (χ0v) is 22.2. The van der Waals surface area contributed by atoms with E-state index in [1.807, 2.05) is 37.4 Å². The van der Waals surface area contributed by atoms with Gasteiger partial charge in [0.15, 0.2) is 29.6 Å². The largest absolute Gasteiger partial charge is 0.493 e. The Bertz CT molecular complexity index is 1050. The molecule has 2 unspecified atom stereocenters. The molecule has 0 saturated heterocycles. The third kappa shape index (κ3) is 7.05. The summed E-state index contributed by atoms with van der Waals surface area (Å²) >= 11 is 0. The first-order valence-corrected chi connectivity index (χ1v) is 12.1. The molecule has 0 bridgehead atoms. The SMILES string of the molecule is CCCC(C#N)(CCCN(C)C(C)c1ccc(OC)c(OCC(=O)O)c1)c1ccc(OC)c(OC)c1. The number of nitrogens with zero attached hydrogens (tertiary/aromatic N) is 2. The molecule has 36 heavy (non-hydrogen) atoms. The van der Waals surface area contributed by atoms with E-state index in [0.29, 0.717) is 29.4 Å². The molecule has 2 atom stereocenters. The van der Waals surface area contributed by atoms with Gasteiger partial charge in [-0.25, -0.2) is 4.79 Å². The van der Waals surface area contributed by atoms with Crippen molar-refractivity contribution in [3.8, 4) is 29.1 Å². The van der Waals surface area contributed by atoms with Crippen molar-refractivity contribution in [3.63, 3.8) is 0 Å². The summed E-state index contributed by atoms with van der Waals surface area (Å²) in [7, 11) is 6.76. The fourth-order valence-electron chi connectivity index (χ4n) is 4.43. The predicted octanol–water partition coefficient (Wildman–Crippen LogP) is 5.21. The topological polar surface area (TPSA) is 101 Å². The van der Waals surface area contributed by atoms with E-state index in [0.717, 1.165) is 36.9 Å². The molecular weight excluding hydrogens is 460 g/mol. The van der Waals surface area contributed by atoms with Crippen molar-refractivity contribution < 1.29 is 28.8 Å². The van der Waals surface area contributed by atoms with Crippen LogP contribution in [0.5, 0.6) is 23.0 Å². The van der Waals surface area contributed by atoms with Crippen LogP contribution < -0.4 is 18.9 Å². The summed E-state index contributed by atoms with van der Waals surface area (Å²) in [6.45, 7) is 4.52. The molecule has 8 nitrogen and oxygen atoms in total. The monoisotopic (exact) mass is 498 g/mol. The first-order valence-electron chi connectivity index (χ1n) is 12.1. The molecule has 0 amide bonds. The van der Waals surface area contributed by atoms with Crippen LogP contribution in [0.3, 0.4) is 0 Å². The van der Waals surface area contributed by atoms with Gasteiger partial charge in [-0.1, -0.05) is 25.5 Å². The second-order valence-corrected chi connectivity index (χ2v) is 8.87. The number of benzene rings is 2. The van der Waals surface area contributed by atoms with Gasteiger partial charge in [-0.3, -0.25) is 4.90 Å². The normalized spacial score (nSPS) is 13.4. The minimum atomic E-state index is -1.05. The van der Waals surface area contributed by atoms with Gasteiger partial charge >= 0.3 is 5.97 Å². The summed E-state index contributed by atoms with van der Waals surface area (Å²) in [6.07, 6.45) is 3.17. The highest BCUT2D eigenvalue weighted by molar-refractivity contribution is 5.68. The zero-order chi connectivity index (χ0) is 26.7. The second-order valence-electron chi connectivity index (χ2n) is 8.87. The van der Waals surface area contributed by atoms with Crippen LogP contribution >= 0.6 is 0 Å². The Morgan fingerprint density at radius 2 is 1.67 bits per heavy atom. The molecule has 0 aliphatic carbocycles. The fourth-order valence-corrected chi connectivity index (χ4v) is 4.43. The van der Waals surface area contributed by atoms with Crippen LogP contribution in [-0.4, -0.2) is 57.5 Å². The van der Waals surface area contributed by atoms with Crippen LogP contribution in [0.15, 0.2) is 36.4 Å². The summed E-state index contributed by atoms with van der Waals surface area (Å²) in [5.74, 6) is 1.11. The number of aliphatic carboxylic acids is 1. The molecule has 2 rings (SSSR count). The summed E-state index contributed by atoms with van der Waals surface area (Å²) in [4.78, 5) is 13.1. The second kappa shape index (κ2) is 13.6. The van der Waals surface area contributed by atoms with Crippen LogP contribution in [0, 0.1) is 11.3 Å². The van der Waals surface area contributed by atoms with Crippen LogP contribution in [-0.2, 0) is 10.2 Å². The Hall–Kier alpha value is -3.44. The molecule has 0 radical (unpaired) electrons. The lowest BCUT2D eigenvalue weighted by Gasteiger charge is -2.30. The van der Waals surface area contributed by atoms with Crippen LogP contribution in [0.2, 0.25) is 0 Å². The van der Waals surface area contributed by atoms with Gasteiger partial charge in [-0.05, 0) is 75.2 Å². The van der Waals surface area contributed by atoms with E-state index in [1.165, 1.54) is 7.11 Å². The number of ether oxygens (including phenoxy) is 4. The van der Waals surface area contributed by atoms with Crippen LogP contribution in [0.1, 0.15) is 56.7 Å². The molecule has 8 heteroatoms. The molecule has 196 valence electrons. The van der Waals surface area contributed by atoms with Gasteiger partial charge in [0, 0.05) is 6.04 Å². The Kier molecular flexibility index (Phi) is 10.9. The molecular formula is C28H38N2O6. The number of carboxylic acids is 1. The van der Waals surface area contributed by atoms with Gasteiger partial charge in [0.2, 0.25) is 0 Å². The average molecular weight is 499 g/mol. The smallest absolute Gasteiger partial charge is 0.341 e. The van der Waals surface area contributed by atoms with Crippen molar-refractivity contribution in [1.29, 1.82) is 5.26 Å². The highest BCUT2D eigenvalue weighted by Gasteiger charge is 2.32. The van der Waals surface area contributed by atoms with Crippen molar-refractivity contribution in [3.05, 3.63) is 47.5 Å².